The van der Waals surface area contributed by atoms with Gasteiger partial charge in [-0.05, 0) is 43.2 Å². The number of amides is 1. The summed E-state index contributed by atoms with van der Waals surface area (Å²) in [7, 11) is 0. The van der Waals surface area contributed by atoms with Gasteiger partial charge in [-0.1, -0.05) is 0 Å². The largest absolute Gasteiger partial charge is 0.397 e. The van der Waals surface area contributed by atoms with Crippen LogP contribution in [0.15, 0.2) is 48.9 Å². The highest BCUT2D eigenvalue weighted by molar-refractivity contribution is 6.07. The van der Waals surface area contributed by atoms with Crippen molar-refractivity contribution in [3.8, 4) is 11.4 Å². The number of nitrogen functional groups attached to an aromatic ring is 1. The number of hydrogen-bond acceptors (Lipinski definition) is 7. The molecule has 1 aliphatic rings. The molecule has 30 heavy (non-hydrogen) atoms. The zero-order chi connectivity index (χ0) is 21.1. The van der Waals surface area contributed by atoms with E-state index in [1.807, 2.05) is 6.07 Å². The van der Waals surface area contributed by atoms with Gasteiger partial charge in [-0.3, -0.25) is 14.8 Å². The molecular weight excluding hydrogens is 385 g/mol. The first-order chi connectivity index (χ1) is 14.5. The summed E-state index contributed by atoms with van der Waals surface area (Å²) >= 11 is 0. The Kier molecular flexibility index (Phi) is 5.53. The van der Waals surface area contributed by atoms with Crippen LogP contribution in [0.2, 0.25) is 0 Å². The van der Waals surface area contributed by atoms with Gasteiger partial charge in [0.25, 0.3) is 5.91 Å². The first kappa shape index (κ1) is 19.7. The van der Waals surface area contributed by atoms with Crippen molar-refractivity contribution in [3.05, 3.63) is 60.4 Å². The van der Waals surface area contributed by atoms with E-state index in [4.69, 9.17) is 11.5 Å². The second-order valence-electron chi connectivity index (χ2n) is 7.19. The second-order valence-corrected chi connectivity index (χ2v) is 7.19. The van der Waals surface area contributed by atoms with E-state index in [9.17, 15) is 9.18 Å². The smallest absolute Gasteiger partial charge is 0.276 e. The molecule has 0 saturated carbocycles. The second kappa shape index (κ2) is 8.42. The Morgan fingerprint density at radius 3 is 2.77 bits per heavy atom. The number of nitrogens with zero attached hydrogens (tertiary/aromatic N) is 4. The van der Waals surface area contributed by atoms with Gasteiger partial charge in [0.15, 0.2) is 5.69 Å². The minimum Gasteiger partial charge on any atom is -0.397 e. The van der Waals surface area contributed by atoms with Crippen LogP contribution < -0.4 is 21.7 Å². The fourth-order valence-corrected chi connectivity index (χ4v) is 3.49. The number of nitrogens with two attached hydrogens (primary N) is 2. The highest BCUT2D eigenvalue weighted by Crippen LogP contribution is 2.28. The molecule has 0 aromatic carbocycles. The summed E-state index contributed by atoms with van der Waals surface area (Å²) < 4.78 is 13.1. The summed E-state index contributed by atoms with van der Waals surface area (Å²) in [5, 5.41) is 2.86. The molecular formula is C21H22FN7O. The van der Waals surface area contributed by atoms with Crippen LogP contribution in [-0.4, -0.2) is 40.0 Å². The summed E-state index contributed by atoms with van der Waals surface area (Å²) in [5.41, 5.74) is 14.7. The maximum absolute atomic E-state index is 13.1. The molecule has 5 N–H and O–H groups in total. The molecule has 8 nitrogen and oxygen atoms in total. The number of aromatic nitrogens is 3. The number of hydrogen-bond donors (Lipinski definition) is 3. The lowest BCUT2D eigenvalue weighted by Gasteiger charge is -2.33. The van der Waals surface area contributed by atoms with Gasteiger partial charge in [0, 0.05) is 25.3 Å². The molecule has 1 saturated heterocycles. The summed E-state index contributed by atoms with van der Waals surface area (Å²) in [6.07, 6.45) is 6.33. The zero-order valence-electron chi connectivity index (χ0n) is 16.3. The van der Waals surface area contributed by atoms with Crippen LogP contribution >= 0.6 is 0 Å². The summed E-state index contributed by atoms with van der Waals surface area (Å²) in [6.45, 7) is 1.56. The Bertz CT molecular complexity index is 1060. The predicted octanol–water partition coefficient (Wildman–Crippen LogP) is 2.44. The third-order valence-electron chi connectivity index (χ3n) is 4.98. The van der Waals surface area contributed by atoms with Crippen LogP contribution in [0.5, 0.6) is 0 Å². The summed E-state index contributed by atoms with van der Waals surface area (Å²) in [5.74, 6) is -0.916. The van der Waals surface area contributed by atoms with Crippen molar-refractivity contribution in [2.75, 3.05) is 29.0 Å². The fourth-order valence-electron chi connectivity index (χ4n) is 3.49. The minimum atomic E-state index is -0.466. The Morgan fingerprint density at radius 2 is 2.00 bits per heavy atom. The van der Waals surface area contributed by atoms with Crippen LogP contribution in [-0.2, 0) is 0 Å². The van der Waals surface area contributed by atoms with E-state index < -0.39 is 11.7 Å². The Balaban J connectivity index is 1.60. The number of piperidine rings is 1. The van der Waals surface area contributed by atoms with Gasteiger partial charge < -0.3 is 21.7 Å². The predicted molar refractivity (Wildman–Crippen MR) is 113 cm³/mol. The van der Waals surface area contributed by atoms with Crippen LogP contribution in [0.25, 0.3) is 11.4 Å². The Labute approximate surface area is 173 Å². The van der Waals surface area contributed by atoms with E-state index in [2.05, 4.69) is 25.2 Å². The lowest BCUT2D eigenvalue weighted by Crippen LogP contribution is -2.43. The first-order valence-corrected chi connectivity index (χ1v) is 9.65. The van der Waals surface area contributed by atoms with Gasteiger partial charge in [0.1, 0.15) is 5.82 Å². The molecule has 0 spiro atoms. The molecule has 0 unspecified atom stereocenters. The topological polar surface area (TPSA) is 123 Å². The zero-order valence-corrected chi connectivity index (χ0v) is 16.3. The number of rotatable bonds is 4. The maximum Gasteiger partial charge on any atom is 0.276 e. The average molecular weight is 407 g/mol. The van der Waals surface area contributed by atoms with E-state index in [0.717, 1.165) is 31.3 Å². The van der Waals surface area contributed by atoms with Crippen molar-refractivity contribution in [2.45, 2.75) is 18.9 Å². The third-order valence-corrected chi connectivity index (χ3v) is 4.98. The van der Waals surface area contributed by atoms with Gasteiger partial charge in [0.2, 0.25) is 0 Å². The molecule has 9 heteroatoms. The standard InChI is InChI=1S/C21H22FN7O/c22-13-3-5-16(26-10-13)17-6-4-15(24)20(27-17)21(30)28-18-11-25-8-7-19(18)29-9-1-2-14(23)12-29/h3-8,10-11,14H,1-2,9,12,23-24H2,(H,28,30)/t14-/m0/s1. The fraction of sp³-hybridized carbons (Fsp3) is 0.238. The van der Waals surface area contributed by atoms with E-state index >= 15 is 0 Å². The number of anilines is 3. The molecule has 1 aliphatic heterocycles. The SMILES string of the molecule is Nc1ccc(-c2ccc(F)cn2)nc1C(=O)Nc1cnccc1N1CCC[C@H](N)C1. The van der Waals surface area contributed by atoms with Crippen molar-refractivity contribution in [3.63, 3.8) is 0 Å². The normalized spacial score (nSPS) is 16.3. The average Bonchev–Trinajstić information content (AvgIpc) is 2.75. The highest BCUT2D eigenvalue weighted by Gasteiger charge is 2.21. The molecule has 1 atom stereocenters. The van der Waals surface area contributed by atoms with E-state index in [1.54, 1.807) is 24.5 Å². The number of carbonyl (C=O) groups is 1. The molecule has 4 rings (SSSR count). The van der Waals surface area contributed by atoms with Crippen molar-refractivity contribution >= 4 is 23.0 Å². The van der Waals surface area contributed by atoms with Gasteiger partial charge in [0.05, 0.1) is 40.8 Å². The van der Waals surface area contributed by atoms with E-state index in [1.165, 1.54) is 12.1 Å². The minimum absolute atomic E-state index is 0.0590. The number of nitrogens with one attached hydrogen (secondary N) is 1. The molecule has 0 bridgehead atoms. The lowest BCUT2D eigenvalue weighted by atomic mass is 10.1. The summed E-state index contributed by atoms with van der Waals surface area (Å²) in [4.78, 5) is 27.6. The Hall–Kier alpha value is -3.59. The van der Waals surface area contributed by atoms with Gasteiger partial charge in [-0.25, -0.2) is 9.37 Å². The first-order valence-electron chi connectivity index (χ1n) is 9.65. The molecule has 154 valence electrons. The molecule has 1 amide bonds. The summed E-state index contributed by atoms with van der Waals surface area (Å²) in [6, 6.07) is 7.93. The van der Waals surface area contributed by atoms with Crippen LogP contribution in [0.3, 0.4) is 0 Å². The monoisotopic (exact) mass is 407 g/mol. The molecule has 0 radical (unpaired) electrons. The van der Waals surface area contributed by atoms with Crippen molar-refractivity contribution in [2.24, 2.45) is 5.73 Å². The highest BCUT2D eigenvalue weighted by atomic mass is 19.1. The maximum atomic E-state index is 13.1. The van der Waals surface area contributed by atoms with E-state index in [-0.39, 0.29) is 17.4 Å². The van der Waals surface area contributed by atoms with Crippen molar-refractivity contribution < 1.29 is 9.18 Å². The number of halogens is 1. The van der Waals surface area contributed by atoms with Crippen LogP contribution in [0, 0.1) is 5.82 Å². The lowest BCUT2D eigenvalue weighted by molar-refractivity contribution is 0.102. The molecule has 0 aliphatic carbocycles. The Morgan fingerprint density at radius 1 is 1.17 bits per heavy atom. The van der Waals surface area contributed by atoms with Crippen molar-refractivity contribution in [1.82, 2.24) is 15.0 Å². The van der Waals surface area contributed by atoms with Crippen molar-refractivity contribution in [1.29, 1.82) is 0 Å². The van der Waals surface area contributed by atoms with Gasteiger partial charge in [-0.15, -0.1) is 0 Å². The van der Waals surface area contributed by atoms with Crippen LogP contribution in [0.4, 0.5) is 21.5 Å². The molecule has 4 heterocycles. The molecule has 1 fully saturated rings. The molecule has 3 aromatic rings. The van der Waals surface area contributed by atoms with E-state index in [0.29, 0.717) is 23.6 Å². The van der Waals surface area contributed by atoms with Crippen LogP contribution in [0.1, 0.15) is 23.3 Å². The third kappa shape index (κ3) is 4.20. The van der Waals surface area contributed by atoms with Gasteiger partial charge in [-0.2, -0.15) is 0 Å². The quantitative estimate of drug-likeness (QED) is 0.607. The van der Waals surface area contributed by atoms with Gasteiger partial charge >= 0.3 is 0 Å². The number of carbonyl (C=O) groups excluding carboxylic acids is 1. The number of pyridine rings is 3. The molecule has 3 aromatic heterocycles.